The van der Waals surface area contributed by atoms with Gasteiger partial charge in [-0.3, -0.25) is 9.69 Å². The van der Waals surface area contributed by atoms with Gasteiger partial charge in [-0.1, -0.05) is 18.6 Å². The summed E-state index contributed by atoms with van der Waals surface area (Å²) < 4.78 is 12.7. The van der Waals surface area contributed by atoms with Crippen LogP contribution in [-0.4, -0.2) is 59.9 Å². The van der Waals surface area contributed by atoms with Crippen molar-refractivity contribution in [1.29, 1.82) is 0 Å². The monoisotopic (exact) mass is 359 g/mol. The summed E-state index contributed by atoms with van der Waals surface area (Å²) >= 11 is 0. The van der Waals surface area contributed by atoms with Crippen LogP contribution in [0.25, 0.3) is 11.0 Å². The molecule has 142 valence electrons. The van der Waals surface area contributed by atoms with Crippen LogP contribution in [0.1, 0.15) is 31.5 Å². The maximum Gasteiger partial charge on any atom is 0.323 e. The summed E-state index contributed by atoms with van der Waals surface area (Å²) in [6.07, 6.45) is 4.14. The molecule has 2 heterocycles. The molecule has 1 saturated heterocycles. The molecule has 0 radical (unpaired) electrons. The maximum absolute atomic E-state index is 12.0. The van der Waals surface area contributed by atoms with Gasteiger partial charge in [0.15, 0.2) is 0 Å². The standard InChI is InChI=1S/C20H29N3O3/c1-15-21-17-9-5-6-10-18(17)23(15)12-8-4-7-11-22-14-16(25-2)13-19(22)20(24)26-3/h5-6,9-10,16,19H,4,7-8,11-14H2,1-3H3/t16-,19-/m0/s1. The zero-order valence-electron chi connectivity index (χ0n) is 16.0. The first-order chi connectivity index (χ1) is 12.6. The molecular formula is C20H29N3O3. The predicted octanol–water partition coefficient (Wildman–Crippen LogP) is 2.78. The fourth-order valence-electron chi connectivity index (χ4n) is 3.90. The van der Waals surface area contributed by atoms with Crippen LogP contribution in [-0.2, 0) is 20.8 Å². The molecule has 0 saturated carbocycles. The van der Waals surface area contributed by atoms with Crippen LogP contribution in [0.5, 0.6) is 0 Å². The Bertz CT molecular complexity index is 743. The van der Waals surface area contributed by atoms with Gasteiger partial charge in [0.2, 0.25) is 0 Å². The fraction of sp³-hybridized carbons (Fsp3) is 0.600. The van der Waals surface area contributed by atoms with E-state index >= 15 is 0 Å². The van der Waals surface area contributed by atoms with E-state index in [0.29, 0.717) is 0 Å². The molecule has 1 aliphatic heterocycles. The van der Waals surface area contributed by atoms with Gasteiger partial charge in [0.05, 0.1) is 24.2 Å². The number of carbonyl (C=O) groups is 1. The van der Waals surface area contributed by atoms with E-state index in [1.165, 1.54) is 12.6 Å². The van der Waals surface area contributed by atoms with Gasteiger partial charge >= 0.3 is 5.97 Å². The van der Waals surface area contributed by atoms with E-state index in [9.17, 15) is 4.79 Å². The first-order valence-electron chi connectivity index (χ1n) is 9.40. The van der Waals surface area contributed by atoms with Crippen molar-refractivity contribution in [2.75, 3.05) is 27.3 Å². The molecule has 6 nitrogen and oxygen atoms in total. The van der Waals surface area contributed by atoms with Gasteiger partial charge < -0.3 is 14.0 Å². The quantitative estimate of drug-likeness (QED) is 0.536. The third-order valence-electron chi connectivity index (χ3n) is 5.34. The number of aryl methyl sites for hydroxylation is 2. The number of methoxy groups -OCH3 is 2. The highest BCUT2D eigenvalue weighted by Gasteiger charge is 2.37. The van der Waals surface area contributed by atoms with E-state index in [1.807, 2.05) is 6.07 Å². The second-order valence-electron chi connectivity index (χ2n) is 6.99. The topological polar surface area (TPSA) is 56.6 Å². The van der Waals surface area contributed by atoms with Gasteiger partial charge in [-0.05, 0) is 38.4 Å². The Morgan fingerprint density at radius 1 is 1.19 bits per heavy atom. The molecule has 1 fully saturated rings. The van der Waals surface area contributed by atoms with E-state index in [-0.39, 0.29) is 18.1 Å². The highest BCUT2D eigenvalue weighted by molar-refractivity contribution is 5.76. The van der Waals surface area contributed by atoms with E-state index < -0.39 is 0 Å². The summed E-state index contributed by atoms with van der Waals surface area (Å²) in [6.45, 7) is 4.76. The molecule has 0 N–H and O–H groups in total. The maximum atomic E-state index is 12.0. The number of likely N-dealkylation sites (tertiary alicyclic amines) is 1. The zero-order chi connectivity index (χ0) is 18.5. The molecule has 1 aromatic heterocycles. The van der Waals surface area contributed by atoms with Crippen molar-refractivity contribution < 1.29 is 14.3 Å². The predicted molar refractivity (Wildman–Crippen MR) is 101 cm³/mol. The minimum absolute atomic E-state index is 0.124. The summed E-state index contributed by atoms with van der Waals surface area (Å²) in [7, 11) is 3.17. The minimum atomic E-state index is -0.162. The SMILES string of the molecule is COC(=O)[C@@H]1C[C@H](OC)CN1CCCCCn1c(C)nc2ccccc21. The Hall–Kier alpha value is -1.92. The Morgan fingerprint density at radius 2 is 1.96 bits per heavy atom. The zero-order valence-corrected chi connectivity index (χ0v) is 16.0. The molecule has 3 rings (SSSR count). The lowest BCUT2D eigenvalue weighted by Gasteiger charge is -2.21. The van der Waals surface area contributed by atoms with Crippen molar-refractivity contribution >= 4 is 17.0 Å². The molecule has 26 heavy (non-hydrogen) atoms. The second kappa shape index (κ2) is 8.64. The van der Waals surface area contributed by atoms with Gasteiger partial charge in [-0.25, -0.2) is 4.98 Å². The smallest absolute Gasteiger partial charge is 0.323 e. The minimum Gasteiger partial charge on any atom is -0.468 e. The normalized spacial score (nSPS) is 20.7. The first kappa shape index (κ1) is 18.9. The highest BCUT2D eigenvalue weighted by Crippen LogP contribution is 2.22. The highest BCUT2D eigenvalue weighted by atomic mass is 16.5. The van der Waals surface area contributed by atoms with Crippen LogP contribution in [0, 0.1) is 6.92 Å². The molecule has 0 bridgehead atoms. The van der Waals surface area contributed by atoms with Crippen molar-refractivity contribution in [3.63, 3.8) is 0 Å². The molecule has 0 amide bonds. The lowest BCUT2D eigenvalue weighted by molar-refractivity contribution is -0.145. The summed E-state index contributed by atoms with van der Waals surface area (Å²) in [6, 6.07) is 8.12. The van der Waals surface area contributed by atoms with Crippen molar-refractivity contribution in [2.24, 2.45) is 0 Å². The average molecular weight is 359 g/mol. The number of esters is 1. The Balaban J connectivity index is 1.47. The van der Waals surface area contributed by atoms with Crippen LogP contribution in [0.4, 0.5) is 0 Å². The molecule has 2 aromatic rings. The third kappa shape index (κ3) is 4.07. The molecule has 0 aliphatic carbocycles. The number of benzene rings is 1. The van der Waals surface area contributed by atoms with E-state index in [0.717, 1.165) is 56.7 Å². The average Bonchev–Trinajstić information content (AvgIpc) is 3.21. The van der Waals surface area contributed by atoms with Gasteiger partial charge in [-0.15, -0.1) is 0 Å². The number of hydrogen-bond acceptors (Lipinski definition) is 5. The fourth-order valence-corrected chi connectivity index (χ4v) is 3.90. The molecule has 0 unspecified atom stereocenters. The van der Waals surface area contributed by atoms with Crippen LogP contribution < -0.4 is 0 Å². The van der Waals surface area contributed by atoms with E-state index in [1.54, 1.807) is 7.11 Å². The summed E-state index contributed by atoms with van der Waals surface area (Å²) in [5.74, 6) is 0.921. The third-order valence-corrected chi connectivity index (χ3v) is 5.34. The molecule has 0 spiro atoms. The van der Waals surface area contributed by atoms with Crippen LogP contribution in [0.2, 0.25) is 0 Å². The molecule has 1 aromatic carbocycles. The number of para-hydroxylation sites is 2. The number of unbranched alkanes of at least 4 members (excludes halogenated alkanes) is 2. The van der Waals surface area contributed by atoms with Crippen LogP contribution in [0.3, 0.4) is 0 Å². The Morgan fingerprint density at radius 3 is 2.73 bits per heavy atom. The molecular weight excluding hydrogens is 330 g/mol. The van der Waals surface area contributed by atoms with Gasteiger partial charge in [-0.2, -0.15) is 0 Å². The number of aromatic nitrogens is 2. The van der Waals surface area contributed by atoms with Crippen LogP contribution in [0.15, 0.2) is 24.3 Å². The number of fused-ring (bicyclic) bond motifs is 1. The number of carbonyl (C=O) groups excluding carboxylic acids is 1. The number of nitrogens with zero attached hydrogens (tertiary/aromatic N) is 3. The lowest BCUT2D eigenvalue weighted by atomic mass is 10.2. The number of rotatable bonds is 8. The largest absolute Gasteiger partial charge is 0.468 e. The van der Waals surface area contributed by atoms with E-state index in [2.05, 4.69) is 39.6 Å². The molecule has 1 aliphatic rings. The lowest BCUT2D eigenvalue weighted by Crippen LogP contribution is -2.37. The van der Waals surface area contributed by atoms with Crippen LogP contribution >= 0.6 is 0 Å². The van der Waals surface area contributed by atoms with E-state index in [4.69, 9.17) is 9.47 Å². The van der Waals surface area contributed by atoms with Crippen molar-refractivity contribution in [3.8, 4) is 0 Å². The Kier molecular flexibility index (Phi) is 6.27. The number of imidazole rings is 1. The number of ether oxygens (including phenoxy) is 2. The van der Waals surface area contributed by atoms with Crippen molar-refractivity contribution in [2.45, 2.75) is 51.3 Å². The van der Waals surface area contributed by atoms with Gasteiger partial charge in [0.25, 0.3) is 0 Å². The molecule has 6 heteroatoms. The second-order valence-corrected chi connectivity index (χ2v) is 6.99. The first-order valence-corrected chi connectivity index (χ1v) is 9.40. The summed E-state index contributed by atoms with van der Waals surface area (Å²) in [5, 5.41) is 0. The Labute approximate surface area is 155 Å². The number of hydrogen-bond donors (Lipinski definition) is 0. The molecule has 2 atom stereocenters. The van der Waals surface area contributed by atoms with Gasteiger partial charge in [0, 0.05) is 26.6 Å². The van der Waals surface area contributed by atoms with Crippen molar-refractivity contribution in [1.82, 2.24) is 14.5 Å². The summed E-state index contributed by atoms with van der Waals surface area (Å²) in [4.78, 5) is 18.8. The van der Waals surface area contributed by atoms with Gasteiger partial charge in [0.1, 0.15) is 11.9 Å². The van der Waals surface area contributed by atoms with Crippen molar-refractivity contribution in [3.05, 3.63) is 30.1 Å². The summed E-state index contributed by atoms with van der Waals surface area (Å²) in [5.41, 5.74) is 2.27.